The predicted octanol–water partition coefficient (Wildman–Crippen LogP) is 5.15. The second-order valence-corrected chi connectivity index (χ2v) is 8.25. The van der Waals surface area contributed by atoms with Gasteiger partial charge in [0.25, 0.3) is 0 Å². The van der Waals surface area contributed by atoms with E-state index in [9.17, 15) is 9.18 Å². The van der Waals surface area contributed by atoms with Gasteiger partial charge >= 0.3 is 0 Å². The summed E-state index contributed by atoms with van der Waals surface area (Å²) >= 11 is 0. The number of halogens is 1. The molecule has 0 N–H and O–H groups in total. The molecule has 168 valence electrons. The Kier molecular flexibility index (Phi) is 5.60. The number of methoxy groups -OCH3 is 1. The maximum Gasteiger partial charge on any atom is 0.231 e. The van der Waals surface area contributed by atoms with Crippen LogP contribution in [0.25, 0.3) is 6.08 Å². The Hall–Kier alpha value is -3.64. The molecule has 0 radical (unpaired) electrons. The number of carbonyl (C=O) groups is 1. The van der Waals surface area contributed by atoms with Crippen molar-refractivity contribution in [1.82, 2.24) is 4.90 Å². The van der Waals surface area contributed by atoms with E-state index < -0.39 is 0 Å². The lowest BCUT2D eigenvalue weighted by Crippen LogP contribution is -2.34. The van der Waals surface area contributed by atoms with Gasteiger partial charge in [0, 0.05) is 24.2 Å². The van der Waals surface area contributed by atoms with Crippen LogP contribution < -0.4 is 14.2 Å². The van der Waals surface area contributed by atoms with Crippen LogP contribution in [0.3, 0.4) is 0 Å². The molecule has 3 aromatic rings. The van der Waals surface area contributed by atoms with Crippen molar-refractivity contribution >= 4 is 11.9 Å². The summed E-state index contributed by atoms with van der Waals surface area (Å²) < 4.78 is 30.6. The highest BCUT2D eigenvalue weighted by atomic mass is 19.1. The van der Waals surface area contributed by atoms with Gasteiger partial charge in [-0.3, -0.25) is 9.69 Å². The molecule has 2 aliphatic heterocycles. The number of ether oxygens (including phenoxy) is 3. The van der Waals surface area contributed by atoms with Gasteiger partial charge in [0.1, 0.15) is 29.8 Å². The number of ketones is 1. The first kappa shape index (κ1) is 21.2. The van der Waals surface area contributed by atoms with Gasteiger partial charge in [-0.15, -0.1) is 0 Å². The van der Waals surface area contributed by atoms with Gasteiger partial charge in [-0.05, 0) is 54.8 Å². The van der Waals surface area contributed by atoms with Crippen LogP contribution in [0.2, 0.25) is 0 Å². The van der Waals surface area contributed by atoms with Gasteiger partial charge in [-0.1, -0.05) is 30.3 Å². The van der Waals surface area contributed by atoms with Crippen LogP contribution in [0.5, 0.6) is 17.2 Å². The second-order valence-electron chi connectivity index (χ2n) is 8.25. The number of Topliss-reactive ketones (excluding diaryl/α,β-unsaturated/α-hetero) is 1. The number of para-hydroxylation sites is 1. The van der Waals surface area contributed by atoms with E-state index in [0.29, 0.717) is 30.2 Å². The SMILES string of the molecule is COc1ccccc1CCN1COc2c(cc3c(c2C)O/C(=C\c2ccc(F)cc2)C3=O)C1. The second kappa shape index (κ2) is 8.71. The lowest BCUT2D eigenvalue weighted by atomic mass is 9.99. The first-order chi connectivity index (χ1) is 16.0. The Morgan fingerprint density at radius 2 is 1.91 bits per heavy atom. The smallest absolute Gasteiger partial charge is 0.231 e. The Balaban J connectivity index is 1.35. The number of carbonyl (C=O) groups excluding carboxylic acids is 1. The fourth-order valence-corrected chi connectivity index (χ4v) is 4.34. The minimum absolute atomic E-state index is 0.175. The molecule has 0 aromatic heterocycles. The van der Waals surface area contributed by atoms with E-state index in [2.05, 4.69) is 11.0 Å². The third-order valence-electron chi connectivity index (χ3n) is 6.06. The van der Waals surface area contributed by atoms with Crippen LogP contribution in [0.1, 0.15) is 32.6 Å². The molecule has 2 heterocycles. The van der Waals surface area contributed by atoms with Gasteiger partial charge in [0.2, 0.25) is 5.78 Å². The Morgan fingerprint density at radius 3 is 2.70 bits per heavy atom. The molecule has 0 aliphatic carbocycles. The summed E-state index contributed by atoms with van der Waals surface area (Å²) in [6, 6.07) is 15.8. The largest absolute Gasteiger partial charge is 0.496 e. The summed E-state index contributed by atoms with van der Waals surface area (Å²) in [6.07, 6.45) is 2.47. The van der Waals surface area contributed by atoms with E-state index in [1.165, 1.54) is 12.1 Å². The van der Waals surface area contributed by atoms with Gasteiger partial charge in [-0.25, -0.2) is 4.39 Å². The molecule has 0 saturated heterocycles. The number of allylic oxidation sites excluding steroid dienone is 1. The molecular formula is C27H24FNO4. The van der Waals surface area contributed by atoms with Crippen molar-refractivity contribution in [3.8, 4) is 17.2 Å². The highest BCUT2D eigenvalue weighted by Crippen LogP contribution is 2.43. The third kappa shape index (κ3) is 4.10. The first-order valence-corrected chi connectivity index (χ1v) is 10.9. The molecule has 6 heteroatoms. The van der Waals surface area contributed by atoms with E-state index in [4.69, 9.17) is 14.2 Å². The number of hydrogen-bond acceptors (Lipinski definition) is 5. The summed E-state index contributed by atoms with van der Waals surface area (Å²) in [5.74, 6) is 1.93. The van der Waals surface area contributed by atoms with Crippen molar-refractivity contribution in [1.29, 1.82) is 0 Å². The van der Waals surface area contributed by atoms with Crippen LogP contribution in [0.4, 0.5) is 4.39 Å². The van der Waals surface area contributed by atoms with Gasteiger partial charge in [0.05, 0.1) is 12.7 Å². The van der Waals surface area contributed by atoms with Crippen LogP contribution in [-0.4, -0.2) is 31.1 Å². The molecule has 0 atom stereocenters. The Morgan fingerprint density at radius 1 is 1.12 bits per heavy atom. The van der Waals surface area contributed by atoms with Crippen molar-refractivity contribution in [3.05, 3.63) is 94.0 Å². The average molecular weight is 445 g/mol. The van der Waals surface area contributed by atoms with Gasteiger partial charge < -0.3 is 14.2 Å². The molecule has 0 bridgehead atoms. The first-order valence-electron chi connectivity index (χ1n) is 10.9. The molecular weight excluding hydrogens is 421 g/mol. The van der Waals surface area contributed by atoms with Gasteiger partial charge in [-0.2, -0.15) is 0 Å². The number of rotatable bonds is 5. The van der Waals surface area contributed by atoms with Crippen LogP contribution in [0.15, 0.2) is 60.4 Å². The molecule has 0 saturated carbocycles. The standard InChI is InChI=1S/C27H24FNO4/c1-17-26-20(15-29(16-32-26)12-11-19-5-3-4-6-23(19)31-2)14-22-25(30)24(33-27(17)22)13-18-7-9-21(28)10-8-18/h3-10,13-14H,11-12,15-16H2,1-2H3/b24-13-. The summed E-state index contributed by atoms with van der Waals surface area (Å²) in [5.41, 5.74) is 4.18. The van der Waals surface area contributed by atoms with E-state index in [1.54, 1.807) is 25.3 Å². The number of nitrogens with zero attached hydrogens (tertiary/aromatic N) is 1. The number of benzene rings is 3. The lowest BCUT2D eigenvalue weighted by Gasteiger charge is -2.30. The third-order valence-corrected chi connectivity index (χ3v) is 6.06. The van der Waals surface area contributed by atoms with Crippen molar-refractivity contribution in [2.45, 2.75) is 19.9 Å². The summed E-state index contributed by atoms with van der Waals surface area (Å²) in [4.78, 5) is 15.2. The van der Waals surface area contributed by atoms with Gasteiger partial charge in [0.15, 0.2) is 5.76 Å². The molecule has 5 rings (SSSR count). The molecule has 5 nitrogen and oxygen atoms in total. The Labute approximate surface area is 192 Å². The van der Waals surface area contributed by atoms with Crippen molar-refractivity contribution in [2.24, 2.45) is 0 Å². The van der Waals surface area contributed by atoms with E-state index in [1.807, 2.05) is 31.2 Å². The molecule has 0 fully saturated rings. The highest BCUT2D eigenvalue weighted by molar-refractivity contribution is 6.15. The van der Waals surface area contributed by atoms with Crippen molar-refractivity contribution in [3.63, 3.8) is 0 Å². The predicted molar refractivity (Wildman–Crippen MR) is 123 cm³/mol. The minimum Gasteiger partial charge on any atom is -0.496 e. The lowest BCUT2D eigenvalue weighted by molar-refractivity contribution is 0.0952. The summed E-state index contributed by atoms with van der Waals surface area (Å²) in [5, 5.41) is 0. The number of hydrogen-bond donors (Lipinski definition) is 0. The molecule has 33 heavy (non-hydrogen) atoms. The zero-order valence-corrected chi connectivity index (χ0v) is 18.6. The summed E-state index contributed by atoms with van der Waals surface area (Å²) in [7, 11) is 1.68. The summed E-state index contributed by atoms with van der Waals surface area (Å²) in [6.45, 7) is 3.86. The molecule has 0 spiro atoms. The van der Waals surface area contributed by atoms with Crippen LogP contribution >= 0.6 is 0 Å². The fraction of sp³-hybridized carbons (Fsp3) is 0.222. The minimum atomic E-state index is -0.324. The van der Waals surface area contributed by atoms with Crippen LogP contribution in [-0.2, 0) is 13.0 Å². The zero-order chi connectivity index (χ0) is 22.9. The van der Waals surface area contributed by atoms with Crippen LogP contribution in [0, 0.1) is 12.7 Å². The highest BCUT2D eigenvalue weighted by Gasteiger charge is 2.33. The normalized spacial score (nSPS) is 16.2. The van der Waals surface area contributed by atoms with E-state index in [0.717, 1.165) is 41.2 Å². The molecule has 0 unspecified atom stereocenters. The maximum atomic E-state index is 13.2. The maximum absolute atomic E-state index is 13.2. The van der Waals surface area contributed by atoms with Crippen molar-refractivity contribution in [2.75, 3.05) is 20.4 Å². The molecule has 3 aromatic carbocycles. The monoisotopic (exact) mass is 445 g/mol. The zero-order valence-electron chi connectivity index (χ0n) is 18.6. The average Bonchev–Trinajstić information content (AvgIpc) is 3.14. The van der Waals surface area contributed by atoms with Crippen molar-refractivity contribution < 1.29 is 23.4 Å². The van der Waals surface area contributed by atoms with E-state index in [-0.39, 0.29) is 17.4 Å². The van der Waals surface area contributed by atoms with E-state index >= 15 is 0 Å². The molecule has 2 aliphatic rings. The fourth-order valence-electron chi connectivity index (χ4n) is 4.34. The Bertz CT molecular complexity index is 1250. The topological polar surface area (TPSA) is 48.0 Å². The quantitative estimate of drug-likeness (QED) is 0.508. The molecule has 0 amide bonds. The number of fused-ring (bicyclic) bond motifs is 2.